The highest BCUT2D eigenvalue weighted by Crippen LogP contribution is 2.28. The number of amides is 1. The number of para-hydroxylation sites is 2. The predicted molar refractivity (Wildman–Crippen MR) is 102 cm³/mol. The number of piperidine rings is 1. The van der Waals surface area contributed by atoms with Crippen LogP contribution in [0.4, 0.5) is 0 Å². The monoisotopic (exact) mass is 361 g/mol. The maximum Gasteiger partial charge on any atom is 0.236 e. The van der Waals surface area contributed by atoms with Gasteiger partial charge in [-0.05, 0) is 38.7 Å². The molecule has 0 unspecified atom stereocenters. The maximum absolute atomic E-state index is 12.6. The molecule has 0 saturated carbocycles. The molecule has 1 aromatic carbocycles. The van der Waals surface area contributed by atoms with E-state index in [4.69, 9.17) is 9.47 Å². The number of hydrogen-bond donors (Lipinski definition) is 0. The summed E-state index contributed by atoms with van der Waals surface area (Å²) in [5.41, 5.74) is 0. The molecule has 6 nitrogen and oxygen atoms in total. The van der Waals surface area contributed by atoms with E-state index in [1.165, 1.54) is 0 Å². The highest BCUT2D eigenvalue weighted by atomic mass is 16.5. The third kappa shape index (κ3) is 5.11. The first-order valence-electron chi connectivity index (χ1n) is 9.64. The molecule has 0 bridgehead atoms. The van der Waals surface area contributed by atoms with E-state index >= 15 is 0 Å². The summed E-state index contributed by atoms with van der Waals surface area (Å²) in [6.07, 6.45) is 3.01. The van der Waals surface area contributed by atoms with E-state index in [9.17, 15) is 4.79 Å². The molecule has 0 N–H and O–H groups in total. The molecule has 2 heterocycles. The van der Waals surface area contributed by atoms with E-state index in [2.05, 4.69) is 16.8 Å². The summed E-state index contributed by atoms with van der Waals surface area (Å²) in [5, 5.41) is 0. The van der Waals surface area contributed by atoms with Gasteiger partial charge in [0, 0.05) is 39.0 Å². The van der Waals surface area contributed by atoms with Crippen molar-refractivity contribution in [2.75, 3.05) is 60.0 Å². The van der Waals surface area contributed by atoms with Gasteiger partial charge in [0.2, 0.25) is 5.91 Å². The first-order valence-corrected chi connectivity index (χ1v) is 9.64. The largest absolute Gasteiger partial charge is 0.493 e. The number of hydrogen-bond acceptors (Lipinski definition) is 5. The van der Waals surface area contributed by atoms with Crippen molar-refractivity contribution in [1.82, 2.24) is 14.7 Å². The summed E-state index contributed by atoms with van der Waals surface area (Å²) in [6, 6.07) is 7.74. The number of methoxy groups -OCH3 is 1. The van der Waals surface area contributed by atoms with Crippen molar-refractivity contribution < 1.29 is 14.3 Å². The van der Waals surface area contributed by atoms with Crippen molar-refractivity contribution in [3.05, 3.63) is 24.3 Å². The standard InChI is InChI=1S/C20H31N3O3/c1-21-10-5-11-22(15-14-21)16-20(24)23-12-8-17(9-13-23)26-19-7-4-3-6-18(19)25-2/h3-4,6-7,17H,5,8-16H2,1-2H3. The Kier molecular flexibility index (Phi) is 6.74. The Morgan fingerprint density at radius 3 is 2.50 bits per heavy atom. The molecule has 0 spiro atoms. The van der Waals surface area contributed by atoms with Crippen LogP contribution in [0.5, 0.6) is 11.5 Å². The minimum Gasteiger partial charge on any atom is -0.493 e. The van der Waals surface area contributed by atoms with Crippen LogP contribution >= 0.6 is 0 Å². The molecule has 6 heteroatoms. The second-order valence-electron chi connectivity index (χ2n) is 7.28. The lowest BCUT2D eigenvalue weighted by atomic mass is 10.1. The third-order valence-electron chi connectivity index (χ3n) is 5.33. The Morgan fingerprint density at radius 2 is 1.77 bits per heavy atom. The highest BCUT2D eigenvalue weighted by Gasteiger charge is 2.26. The van der Waals surface area contributed by atoms with Crippen LogP contribution in [-0.2, 0) is 4.79 Å². The quantitative estimate of drug-likeness (QED) is 0.799. The van der Waals surface area contributed by atoms with Crippen molar-refractivity contribution in [3.63, 3.8) is 0 Å². The zero-order chi connectivity index (χ0) is 18.4. The van der Waals surface area contributed by atoms with Crippen LogP contribution in [0.25, 0.3) is 0 Å². The number of carbonyl (C=O) groups is 1. The fourth-order valence-electron chi connectivity index (χ4n) is 3.67. The van der Waals surface area contributed by atoms with Crippen molar-refractivity contribution in [2.24, 2.45) is 0 Å². The SMILES string of the molecule is COc1ccccc1OC1CCN(C(=O)CN2CCCN(C)CC2)CC1. The predicted octanol–water partition coefficient (Wildman–Crippen LogP) is 1.70. The zero-order valence-electron chi connectivity index (χ0n) is 16.0. The molecule has 0 radical (unpaired) electrons. The van der Waals surface area contributed by atoms with Gasteiger partial charge in [0.05, 0.1) is 13.7 Å². The molecule has 0 aromatic heterocycles. The van der Waals surface area contributed by atoms with Crippen LogP contribution < -0.4 is 9.47 Å². The Morgan fingerprint density at radius 1 is 1.04 bits per heavy atom. The molecule has 2 aliphatic rings. The average molecular weight is 361 g/mol. The van der Waals surface area contributed by atoms with Gasteiger partial charge in [-0.2, -0.15) is 0 Å². The maximum atomic E-state index is 12.6. The molecule has 1 aromatic rings. The van der Waals surface area contributed by atoms with E-state index in [1.807, 2.05) is 29.2 Å². The van der Waals surface area contributed by atoms with Crippen molar-refractivity contribution in [2.45, 2.75) is 25.4 Å². The van der Waals surface area contributed by atoms with Gasteiger partial charge in [0.15, 0.2) is 11.5 Å². The minimum atomic E-state index is 0.141. The van der Waals surface area contributed by atoms with Crippen molar-refractivity contribution >= 4 is 5.91 Å². The molecular formula is C20H31N3O3. The molecule has 0 aliphatic carbocycles. The Labute approximate surface area is 156 Å². The lowest BCUT2D eigenvalue weighted by Gasteiger charge is -2.33. The fourth-order valence-corrected chi connectivity index (χ4v) is 3.67. The van der Waals surface area contributed by atoms with Gasteiger partial charge in [-0.3, -0.25) is 9.69 Å². The molecule has 2 fully saturated rings. The molecule has 1 amide bonds. The minimum absolute atomic E-state index is 0.141. The summed E-state index contributed by atoms with van der Waals surface area (Å²) in [7, 11) is 3.81. The van der Waals surface area contributed by atoms with Gasteiger partial charge >= 0.3 is 0 Å². The van der Waals surface area contributed by atoms with E-state index < -0.39 is 0 Å². The lowest BCUT2D eigenvalue weighted by Crippen LogP contribution is -2.46. The molecule has 26 heavy (non-hydrogen) atoms. The number of benzene rings is 1. The lowest BCUT2D eigenvalue weighted by molar-refractivity contribution is -0.134. The number of ether oxygens (including phenoxy) is 2. The van der Waals surface area contributed by atoms with Gasteiger partial charge in [0.25, 0.3) is 0 Å². The van der Waals surface area contributed by atoms with Gasteiger partial charge in [0.1, 0.15) is 6.10 Å². The van der Waals surface area contributed by atoms with Gasteiger partial charge in [-0.15, -0.1) is 0 Å². The molecule has 0 atom stereocenters. The Balaban J connectivity index is 1.45. The molecule has 3 rings (SSSR count). The smallest absolute Gasteiger partial charge is 0.236 e. The number of nitrogens with zero attached hydrogens (tertiary/aromatic N) is 3. The van der Waals surface area contributed by atoms with Gasteiger partial charge in [-0.1, -0.05) is 12.1 Å². The normalized spacial score (nSPS) is 20.6. The molecule has 2 aliphatic heterocycles. The van der Waals surface area contributed by atoms with E-state index in [1.54, 1.807) is 7.11 Å². The average Bonchev–Trinajstić information content (AvgIpc) is 2.87. The second-order valence-corrected chi connectivity index (χ2v) is 7.28. The van der Waals surface area contributed by atoms with Crippen LogP contribution in [0.3, 0.4) is 0 Å². The number of likely N-dealkylation sites (tertiary alicyclic amines) is 1. The summed E-state index contributed by atoms with van der Waals surface area (Å²) >= 11 is 0. The topological polar surface area (TPSA) is 45.3 Å². The third-order valence-corrected chi connectivity index (χ3v) is 5.33. The van der Waals surface area contributed by atoms with Crippen LogP contribution in [-0.4, -0.2) is 86.7 Å². The van der Waals surface area contributed by atoms with Crippen LogP contribution in [0, 0.1) is 0 Å². The summed E-state index contributed by atoms with van der Waals surface area (Å²) in [4.78, 5) is 19.3. The van der Waals surface area contributed by atoms with E-state index in [0.717, 1.165) is 70.0 Å². The van der Waals surface area contributed by atoms with Crippen LogP contribution in [0.1, 0.15) is 19.3 Å². The second kappa shape index (κ2) is 9.24. The highest BCUT2D eigenvalue weighted by molar-refractivity contribution is 5.78. The van der Waals surface area contributed by atoms with E-state index in [-0.39, 0.29) is 12.0 Å². The van der Waals surface area contributed by atoms with Gasteiger partial charge < -0.3 is 19.3 Å². The zero-order valence-corrected chi connectivity index (χ0v) is 16.0. The first-order chi connectivity index (χ1) is 12.7. The molecule has 144 valence electrons. The van der Waals surface area contributed by atoms with Crippen LogP contribution in [0.15, 0.2) is 24.3 Å². The van der Waals surface area contributed by atoms with Gasteiger partial charge in [-0.25, -0.2) is 0 Å². The summed E-state index contributed by atoms with van der Waals surface area (Å²) < 4.78 is 11.5. The summed E-state index contributed by atoms with van der Waals surface area (Å²) in [5.74, 6) is 1.80. The first kappa shape index (κ1) is 19.0. The summed E-state index contributed by atoms with van der Waals surface area (Å²) in [6.45, 7) is 6.25. The van der Waals surface area contributed by atoms with E-state index in [0.29, 0.717) is 6.54 Å². The number of carbonyl (C=O) groups excluding carboxylic acids is 1. The Bertz CT molecular complexity index is 587. The number of rotatable bonds is 5. The van der Waals surface area contributed by atoms with Crippen molar-refractivity contribution in [1.29, 1.82) is 0 Å². The fraction of sp³-hybridized carbons (Fsp3) is 0.650. The van der Waals surface area contributed by atoms with Crippen molar-refractivity contribution in [3.8, 4) is 11.5 Å². The molecular weight excluding hydrogens is 330 g/mol. The van der Waals surface area contributed by atoms with Crippen LogP contribution in [0.2, 0.25) is 0 Å². The Hall–Kier alpha value is -1.79. The molecule has 2 saturated heterocycles. The number of likely N-dealkylation sites (N-methyl/N-ethyl adjacent to an activating group) is 1.